The Morgan fingerprint density at radius 2 is 2.06 bits per heavy atom. The molecule has 2 saturated heterocycles. The summed E-state index contributed by atoms with van der Waals surface area (Å²) in [5.41, 5.74) is 5.04. The maximum atomic E-state index is 3.44. The Hall–Kier alpha value is -1.02. The first kappa shape index (κ1) is 12.0. The summed E-state index contributed by atoms with van der Waals surface area (Å²) >= 11 is 0. The minimum atomic E-state index is 0.580. The van der Waals surface area contributed by atoms with Gasteiger partial charge in [-0.1, -0.05) is 32.0 Å². The Morgan fingerprint density at radius 1 is 1.28 bits per heavy atom. The highest BCUT2D eigenvalue weighted by molar-refractivity contribution is 5.61. The molecule has 98 valence electrons. The van der Waals surface area contributed by atoms with E-state index in [-0.39, 0.29) is 0 Å². The average molecular weight is 244 g/mol. The fraction of sp³-hybridized carbons (Fsp3) is 0.625. The number of anilines is 1. The van der Waals surface area contributed by atoms with Gasteiger partial charge in [-0.15, -0.1) is 0 Å². The van der Waals surface area contributed by atoms with Gasteiger partial charge in [0.05, 0.1) is 0 Å². The molecule has 3 rings (SSSR count). The summed E-state index contributed by atoms with van der Waals surface area (Å²) in [6.45, 7) is 11.8. The van der Waals surface area contributed by atoms with Crippen LogP contribution in [0.1, 0.15) is 37.3 Å². The lowest BCUT2D eigenvalue weighted by Gasteiger charge is -2.39. The second kappa shape index (κ2) is 4.27. The van der Waals surface area contributed by atoms with Gasteiger partial charge in [-0.2, -0.15) is 0 Å². The lowest BCUT2D eigenvalue weighted by Crippen LogP contribution is -2.54. The number of benzene rings is 1. The van der Waals surface area contributed by atoms with Crippen LogP contribution in [0, 0.1) is 12.3 Å². The van der Waals surface area contributed by atoms with Gasteiger partial charge in [0.1, 0.15) is 0 Å². The van der Waals surface area contributed by atoms with E-state index in [0.717, 1.165) is 0 Å². The van der Waals surface area contributed by atoms with E-state index >= 15 is 0 Å². The van der Waals surface area contributed by atoms with E-state index in [9.17, 15) is 0 Å². The molecule has 0 aliphatic carbocycles. The average Bonchev–Trinajstić information content (AvgIpc) is 2.73. The van der Waals surface area contributed by atoms with E-state index < -0.39 is 0 Å². The van der Waals surface area contributed by atoms with Crippen molar-refractivity contribution in [1.82, 2.24) is 5.32 Å². The molecule has 0 unspecified atom stereocenters. The minimum Gasteiger partial charge on any atom is -0.370 e. The molecule has 2 aliphatic heterocycles. The number of nitrogens with zero attached hydrogens (tertiary/aromatic N) is 1. The number of hydrogen-bond acceptors (Lipinski definition) is 2. The van der Waals surface area contributed by atoms with Crippen molar-refractivity contribution in [2.75, 3.05) is 31.1 Å². The summed E-state index contributed by atoms with van der Waals surface area (Å²) in [6.07, 6.45) is 1.35. The van der Waals surface area contributed by atoms with E-state index in [2.05, 4.69) is 49.2 Å². The van der Waals surface area contributed by atoms with Crippen LogP contribution in [0.15, 0.2) is 18.2 Å². The molecule has 18 heavy (non-hydrogen) atoms. The van der Waals surface area contributed by atoms with Gasteiger partial charge in [0.25, 0.3) is 0 Å². The third kappa shape index (κ3) is 1.83. The van der Waals surface area contributed by atoms with Gasteiger partial charge in [0, 0.05) is 37.3 Å². The molecule has 1 N–H and O–H groups in total. The molecule has 0 aromatic heterocycles. The Kier molecular flexibility index (Phi) is 2.86. The number of para-hydroxylation sites is 1. The van der Waals surface area contributed by atoms with Gasteiger partial charge < -0.3 is 10.2 Å². The Balaban J connectivity index is 1.92. The number of aryl methyl sites for hydroxylation is 1. The highest BCUT2D eigenvalue weighted by atomic mass is 15.2. The zero-order valence-corrected chi connectivity index (χ0v) is 11.8. The van der Waals surface area contributed by atoms with Gasteiger partial charge in [-0.05, 0) is 30.4 Å². The highest BCUT2D eigenvalue weighted by Crippen LogP contribution is 2.40. The molecule has 1 aromatic rings. The van der Waals surface area contributed by atoms with Gasteiger partial charge in [0.15, 0.2) is 0 Å². The topological polar surface area (TPSA) is 15.3 Å². The van der Waals surface area contributed by atoms with Crippen molar-refractivity contribution in [3.63, 3.8) is 0 Å². The van der Waals surface area contributed by atoms with Gasteiger partial charge in [0.2, 0.25) is 0 Å². The normalized spacial score (nSPS) is 21.7. The van der Waals surface area contributed by atoms with E-state index in [1.165, 1.54) is 49.4 Å². The van der Waals surface area contributed by atoms with Crippen LogP contribution >= 0.6 is 0 Å². The SMILES string of the molecule is Cc1cccc(C(C)C)c1N1CCC2(CNC2)C1. The zero-order valence-electron chi connectivity index (χ0n) is 11.8. The van der Waals surface area contributed by atoms with Gasteiger partial charge in [-0.3, -0.25) is 0 Å². The molecule has 2 aliphatic rings. The van der Waals surface area contributed by atoms with Crippen LogP contribution < -0.4 is 10.2 Å². The molecule has 1 spiro atoms. The molecule has 0 saturated carbocycles. The second-order valence-corrected chi connectivity index (χ2v) is 6.44. The molecular formula is C16H24N2. The first-order valence-electron chi connectivity index (χ1n) is 7.16. The summed E-state index contributed by atoms with van der Waals surface area (Å²) < 4.78 is 0. The van der Waals surface area contributed by atoms with E-state index in [0.29, 0.717) is 11.3 Å². The van der Waals surface area contributed by atoms with Crippen molar-refractivity contribution in [3.05, 3.63) is 29.3 Å². The molecular weight excluding hydrogens is 220 g/mol. The van der Waals surface area contributed by atoms with E-state index in [1.54, 1.807) is 0 Å². The fourth-order valence-corrected chi connectivity index (χ4v) is 3.47. The van der Waals surface area contributed by atoms with Crippen LogP contribution in [0.25, 0.3) is 0 Å². The fourth-order valence-electron chi connectivity index (χ4n) is 3.47. The first-order valence-corrected chi connectivity index (χ1v) is 7.16. The molecule has 0 radical (unpaired) electrons. The Labute approximate surface area is 110 Å². The molecule has 2 fully saturated rings. The quantitative estimate of drug-likeness (QED) is 0.860. The summed E-state index contributed by atoms with van der Waals surface area (Å²) in [4.78, 5) is 2.63. The van der Waals surface area contributed by atoms with Crippen molar-refractivity contribution in [1.29, 1.82) is 0 Å². The van der Waals surface area contributed by atoms with Crippen LogP contribution in [-0.4, -0.2) is 26.2 Å². The second-order valence-electron chi connectivity index (χ2n) is 6.44. The van der Waals surface area contributed by atoms with E-state index in [4.69, 9.17) is 0 Å². The molecule has 2 heteroatoms. The maximum absolute atomic E-state index is 3.44. The molecule has 2 heterocycles. The molecule has 0 atom stereocenters. The lowest BCUT2D eigenvalue weighted by atomic mass is 9.81. The maximum Gasteiger partial charge on any atom is 0.0431 e. The zero-order chi connectivity index (χ0) is 12.8. The monoisotopic (exact) mass is 244 g/mol. The van der Waals surface area contributed by atoms with Crippen LogP contribution in [0.2, 0.25) is 0 Å². The third-order valence-corrected chi connectivity index (χ3v) is 4.65. The molecule has 0 amide bonds. The van der Waals surface area contributed by atoms with Crippen molar-refractivity contribution in [3.8, 4) is 0 Å². The minimum absolute atomic E-state index is 0.580. The predicted octanol–water partition coefficient (Wildman–Crippen LogP) is 2.92. The van der Waals surface area contributed by atoms with Crippen molar-refractivity contribution in [2.24, 2.45) is 5.41 Å². The van der Waals surface area contributed by atoms with Crippen molar-refractivity contribution >= 4 is 5.69 Å². The summed E-state index contributed by atoms with van der Waals surface area (Å²) in [5.74, 6) is 0.607. The molecule has 0 bridgehead atoms. The Morgan fingerprint density at radius 3 is 2.61 bits per heavy atom. The van der Waals surface area contributed by atoms with Crippen molar-refractivity contribution in [2.45, 2.75) is 33.1 Å². The van der Waals surface area contributed by atoms with Crippen LogP contribution in [-0.2, 0) is 0 Å². The van der Waals surface area contributed by atoms with Crippen LogP contribution in [0.5, 0.6) is 0 Å². The van der Waals surface area contributed by atoms with Gasteiger partial charge >= 0.3 is 0 Å². The number of rotatable bonds is 2. The van der Waals surface area contributed by atoms with Gasteiger partial charge in [-0.25, -0.2) is 0 Å². The molecule has 2 nitrogen and oxygen atoms in total. The van der Waals surface area contributed by atoms with Crippen molar-refractivity contribution < 1.29 is 0 Å². The standard InChI is InChI=1S/C16H24N2/c1-12(2)14-6-4-5-13(3)15(14)18-8-7-16(11-18)9-17-10-16/h4-6,12,17H,7-11H2,1-3H3. The third-order valence-electron chi connectivity index (χ3n) is 4.65. The lowest BCUT2D eigenvalue weighted by molar-refractivity contribution is 0.200. The summed E-state index contributed by atoms with van der Waals surface area (Å²) in [7, 11) is 0. The highest BCUT2D eigenvalue weighted by Gasteiger charge is 2.43. The predicted molar refractivity (Wildman–Crippen MR) is 77.4 cm³/mol. The van der Waals surface area contributed by atoms with Crippen LogP contribution in [0.4, 0.5) is 5.69 Å². The summed E-state index contributed by atoms with van der Waals surface area (Å²) in [6, 6.07) is 6.76. The molecule has 1 aromatic carbocycles. The van der Waals surface area contributed by atoms with Crippen LogP contribution in [0.3, 0.4) is 0 Å². The number of hydrogen-bond donors (Lipinski definition) is 1. The largest absolute Gasteiger partial charge is 0.370 e. The summed E-state index contributed by atoms with van der Waals surface area (Å²) in [5, 5.41) is 3.44. The van der Waals surface area contributed by atoms with E-state index in [1.807, 2.05) is 0 Å². The number of nitrogens with one attached hydrogen (secondary N) is 1. The first-order chi connectivity index (χ1) is 8.61. The Bertz CT molecular complexity index is 446. The smallest absolute Gasteiger partial charge is 0.0431 e.